The molecule has 1 aliphatic rings. The number of carbonyl (C=O) groups excluding carboxylic acids is 1. The lowest BCUT2D eigenvalue weighted by atomic mass is 9.75. The normalized spacial score (nSPS) is 22.2. The number of thiophene rings is 2. The molecule has 1 saturated carbocycles. The lowest BCUT2D eigenvalue weighted by Crippen LogP contribution is -2.35. The summed E-state index contributed by atoms with van der Waals surface area (Å²) in [5, 5.41) is 1.74. The van der Waals surface area contributed by atoms with Gasteiger partial charge in [-0.1, -0.05) is 33.3 Å². The van der Waals surface area contributed by atoms with Crippen LogP contribution in [0.4, 0.5) is 13.2 Å². The number of alkyl halides is 3. The lowest BCUT2D eigenvalue weighted by molar-refractivity contribution is -0.136. The molecule has 3 aromatic heterocycles. The van der Waals surface area contributed by atoms with Crippen LogP contribution in [0.15, 0.2) is 29.6 Å². The van der Waals surface area contributed by atoms with Crippen molar-refractivity contribution in [2.75, 3.05) is 0 Å². The fourth-order valence-corrected chi connectivity index (χ4v) is 5.97. The minimum atomic E-state index is -4.54. The quantitative estimate of drug-likeness (QED) is 0.370. The van der Waals surface area contributed by atoms with Crippen molar-refractivity contribution in [3.05, 3.63) is 40.1 Å². The third-order valence-electron chi connectivity index (χ3n) is 6.01. The molecule has 0 spiro atoms. The number of hydrogen-bond acceptors (Lipinski definition) is 5. The lowest BCUT2D eigenvalue weighted by Gasteiger charge is -2.36. The van der Waals surface area contributed by atoms with E-state index >= 15 is 0 Å². The van der Waals surface area contributed by atoms with Gasteiger partial charge in [0.15, 0.2) is 0 Å². The molecule has 0 unspecified atom stereocenters. The van der Waals surface area contributed by atoms with Crippen molar-refractivity contribution in [2.24, 2.45) is 17.8 Å². The standard InChI is InChI=1S/C23H24F3NO2S2/c1-12(2)14-7-6-13(3)9-18(14)29-22(28)20-10-15-16(23(24,25)26)11-17(27-21(15)31-20)19-5-4-8-30-19/h4-5,8,10-14,18H,6-7,9H2,1-3H3/t13-,14+,18-/m0/s1. The summed E-state index contributed by atoms with van der Waals surface area (Å²) >= 11 is 2.29. The highest BCUT2D eigenvalue weighted by atomic mass is 32.1. The molecular weight excluding hydrogens is 443 g/mol. The number of carbonyl (C=O) groups is 1. The van der Waals surface area contributed by atoms with Crippen LogP contribution in [-0.4, -0.2) is 17.1 Å². The molecule has 3 atom stereocenters. The first-order valence-corrected chi connectivity index (χ1v) is 12.1. The first-order chi connectivity index (χ1) is 14.6. The summed E-state index contributed by atoms with van der Waals surface area (Å²) in [5.41, 5.74) is -0.514. The molecule has 0 aliphatic heterocycles. The van der Waals surface area contributed by atoms with Crippen molar-refractivity contribution in [2.45, 2.75) is 52.3 Å². The number of nitrogens with zero attached hydrogens (tertiary/aromatic N) is 1. The van der Waals surface area contributed by atoms with E-state index < -0.39 is 17.7 Å². The zero-order valence-electron chi connectivity index (χ0n) is 17.5. The molecule has 166 valence electrons. The van der Waals surface area contributed by atoms with E-state index in [-0.39, 0.29) is 32.8 Å². The number of hydrogen-bond donors (Lipinski definition) is 0. The van der Waals surface area contributed by atoms with Crippen LogP contribution >= 0.6 is 22.7 Å². The average molecular weight is 468 g/mol. The van der Waals surface area contributed by atoms with E-state index in [2.05, 4.69) is 25.8 Å². The molecule has 8 heteroatoms. The number of aromatic nitrogens is 1. The third-order valence-corrected chi connectivity index (χ3v) is 7.91. The van der Waals surface area contributed by atoms with Crippen molar-refractivity contribution in [1.82, 2.24) is 4.98 Å². The molecule has 0 N–H and O–H groups in total. The maximum Gasteiger partial charge on any atom is 0.417 e. The third kappa shape index (κ3) is 4.65. The number of esters is 1. The zero-order valence-corrected chi connectivity index (χ0v) is 19.2. The molecule has 3 heterocycles. The molecule has 1 aliphatic carbocycles. The second-order valence-corrected chi connectivity index (χ2v) is 10.6. The van der Waals surface area contributed by atoms with Gasteiger partial charge in [-0.25, -0.2) is 9.78 Å². The van der Waals surface area contributed by atoms with Gasteiger partial charge in [-0.2, -0.15) is 13.2 Å². The topological polar surface area (TPSA) is 39.2 Å². The molecule has 0 bridgehead atoms. The molecule has 4 rings (SSSR count). The van der Waals surface area contributed by atoms with Gasteiger partial charge in [0.05, 0.1) is 16.1 Å². The van der Waals surface area contributed by atoms with Gasteiger partial charge in [0, 0.05) is 5.39 Å². The van der Waals surface area contributed by atoms with Gasteiger partial charge < -0.3 is 4.74 Å². The Balaban J connectivity index is 1.69. The summed E-state index contributed by atoms with van der Waals surface area (Å²) in [5.74, 6) is 0.545. The summed E-state index contributed by atoms with van der Waals surface area (Å²) in [7, 11) is 0. The minimum Gasteiger partial charge on any atom is -0.458 e. The maximum atomic E-state index is 13.8. The molecule has 31 heavy (non-hydrogen) atoms. The molecule has 1 fully saturated rings. The van der Waals surface area contributed by atoms with Gasteiger partial charge in [0.25, 0.3) is 0 Å². The molecule has 0 saturated heterocycles. The highest BCUT2D eigenvalue weighted by molar-refractivity contribution is 7.20. The van der Waals surface area contributed by atoms with Crippen molar-refractivity contribution >= 4 is 38.9 Å². The van der Waals surface area contributed by atoms with Crippen LogP contribution in [-0.2, 0) is 10.9 Å². The Morgan fingerprint density at radius 1 is 1.26 bits per heavy atom. The van der Waals surface area contributed by atoms with Gasteiger partial charge in [-0.3, -0.25) is 0 Å². The Kier molecular flexibility index (Phi) is 6.14. The van der Waals surface area contributed by atoms with E-state index in [1.807, 2.05) is 0 Å². The van der Waals surface area contributed by atoms with Crippen LogP contribution in [0, 0.1) is 17.8 Å². The zero-order chi connectivity index (χ0) is 22.3. The Hall–Kier alpha value is -1.93. The predicted molar refractivity (Wildman–Crippen MR) is 118 cm³/mol. The van der Waals surface area contributed by atoms with Gasteiger partial charge >= 0.3 is 12.1 Å². The number of halogens is 3. The first kappa shape index (κ1) is 22.3. The summed E-state index contributed by atoms with van der Waals surface area (Å²) in [6.07, 6.45) is -1.87. The summed E-state index contributed by atoms with van der Waals surface area (Å²) in [4.78, 5) is 18.3. The van der Waals surface area contributed by atoms with Gasteiger partial charge in [0.1, 0.15) is 15.8 Å². The number of fused-ring (bicyclic) bond motifs is 1. The van der Waals surface area contributed by atoms with Crippen LogP contribution in [0.3, 0.4) is 0 Å². The Morgan fingerprint density at radius 2 is 2.03 bits per heavy atom. The SMILES string of the molecule is CC(C)[C@H]1CC[C@H](C)C[C@@H]1OC(=O)c1cc2c(C(F)(F)F)cc(-c3cccs3)nc2s1. The fraction of sp³-hybridized carbons (Fsp3) is 0.478. The van der Waals surface area contributed by atoms with E-state index in [9.17, 15) is 18.0 Å². The van der Waals surface area contributed by atoms with Crippen molar-refractivity contribution < 1.29 is 22.7 Å². The fourth-order valence-electron chi connectivity index (χ4n) is 4.35. The first-order valence-electron chi connectivity index (χ1n) is 10.4. The molecule has 0 amide bonds. The minimum absolute atomic E-state index is 0.0535. The van der Waals surface area contributed by atoms with Crippen LogP contribution in [0.1, 0.15) is 55.3 Å². The van der Waals surface area contributed by atoms with Gasteiger partial charge in [-0.05, 0) is 54.2 Å². The van der Waals surface area contributed by atoms with Crippen LogP contribution < -0.4 is 0 Å². The van der Waals surface area contributed by atoms with Gasteiger partial charge in [0.2, 0.25) is 0 Å². The number of pyridine rings is 1. The Bertz CT molecular complexity index is 1070. The van der Waals surface area contributed by atoms with Crippen LogP contribution in [0.2, 0.25) is 0 Å². The van der Waals surface area contributed by atoms with E-state index in [0.29, 0.717) is 16.7 Å². The van der Waals surface area contributed by atoms with E-state index in [0.717, 1.165) is 36.7 Å². The highest BCUT2D eigenvalue weighted by Gasteiger charge is 2.36. The smallest absolute Gasteiger partial charge is 0.417 e. The van der Waals surface area contributed by atoms with E-state index in [1.165, 1.54) is 17.4 Å². The number of ether oxygens (including phenoxy) is 1. The molecule has 3 aromatic rings. The Labute approximate surface area is 187 Å². The van der Waals surface area contributed by atoms with Crippen LogP contribution in [0.5, 0.6) is 0 Å². The molecule has 3 nitrogen and oxygen atoms in total. The summed E-state index contributed by atoms with van der Waals surface area (Å²) < 4.78 is 47.2. The molecular formula is C23H24F3NO2S2. The van der Waals surface area contributed by atoms with Crippen molar-refractivity contribution in [3.8, 4) is 10.6 Å². The average Bonchev–Trinajstić information content (AvgIpc) is 3.36. The van der Waals surface area contributed by atoms with Gasteiger partial charge in [-0.15, -0.1) is 22.7 Å². The number of rotatable bonds is 4. The molecule has 0 radical (unpaired) electrons. The summed E-state index contributed by atoms with van der Waals surface area (Å²) in [6, 6.07) is 5.85. The van der Waals surface area contributed by atoms with E-state index in [1.54, 1.807) is 17.5 Å². The summed E-state index contributed by atoms with van der Waals surface area (Å²) in [6.45, 7) is 6.38. The van der Waals surface area contributed by atoms with E-state index in [4.69, 9.17) is 4.74 Å². The molecule has 0 aromatic carbocycles. The van der Waals surface area contributed by atoms with Crippen molar-refractivity contribution in [1.29, 1.82) is 0 Å². The largest absolute Gasteiger partial charge is 0.458 e. The van der Waals surface area contributed by atoms with Crippen molar-refractivity contribution in [3.63, 3.8) is 0 Å². The van der Waals surface area contributed by atoms with Crippen LogP contribution in [0.25, 0.3) is 20.8 Å². The predicted octanol–water partition coefficient (Wildman–Crippen LogP) is 7.66. The second kappa shape index (κ2) is 8.54. The second-order valence-electron chi connectivity index (χ2n) is 8.63. The monoisotopic (exact) mass is 467 g/mol. The highest BCUT2D eigenvalue weighted by Crippen LogP contribution is 2.41. The maximum absolute atomic E-state index is 13.8. The Morgan fingerprint density at radius 3 is 2.68 bits per heavy atom.